The monoisotopic (exact) mass is 353 g/mol. The predicted octanol–water partition coefficient (Wildman–Crippen LogP) is 0.0562. The van der Waals surface area contributed by atoms with E-state index < -0.39 is 31.0 Å². The quantitative estimate of drug-likeness (QED) is 0.505. The van der Waals surface area contributed by atoms with Crippen LogP contribution in [-0.2, 0) is 20.9 Å². The van der Waals surface area contributed by atoms with Crippen molar-refractivity contribution >= 4 is 17.9 Å². The normalized spacial score (nSPS) is 11.0. The Morgan fingerprint density at radius 2 is 1.36 bits per heavy atom. The summed E-state index contributed by atoms with van der Waals surface area (Å²) in [6, 6.07) is 3.76. The zero-order chi connectivity index (χ0) is 19.0. The van der Waals surface area contributed by atoms with Gasteiger partial charge in [-0.15, -0.1) is 0 Å². The van der Waals surface area contributed by atoms with Crippen LogP contribution >= 0.6 is 0 Å². The molecule has 3 N–H and O–H groups in total. The van der Waals surface area contributed by atoms with Crippen molar-refractivity contribution in [3.8, 4) is 0 Å². The van der Waals surface area contributed by atoms with Crippen LogP contribution in [0.15, 0.2) is 12.1 Å². The molecule has 0 aromatic carbocycles. The highest BCUT2D eigenvalue weighted by atomic mass is 16.4. The highest BCUT2D eigenvalue weighted by molar-refractivity contribution is 5.72. The molecule has 0 bridgehead atoms. The molecule has 1 heterocycles. The first-order valence-corrected chi connectivity index (χ1v) is 7.70. The van der Waals surface area contributed by atoms with Gasteiger partial charge in [-0.05, 0) is 31.5 Å². The summed E-state index contributed by atoms with van der Waals surface area (Å²) in [6.07, 6.45) is 0. The Kier molecular flexibility index (Phi) is 7.96. The van der Waals surface area contributed by atoms with Gasteiger partial charge in [0.25, 0.3) is 0 Å². The van der Waals surface area contributed by atoms with E-state index in [1.807, 2.05) is 26.0 Å². The molecule has 1 rings (SSSR count). The molecule has 0 saturated carbocycles. The third-order valence-electron chi connectivity index (χ3n) is 3.35. The molecule has 0 atom stereocenters. The van der Waals surface area contributed by atoms with Gasteiger partial charge in [0, 0.05) is 25.3 Å². The van der Waals surface area contributed by atoms with E-state index >= 15 is 0 Å². The van der Waals surface area contributed by atoms with Crippen molar-refractivity contribution in [3.05, 3.63) is 29.1 Å². The number of aryl methyl sites for hydroxylation is 2. The minimum absolute atomic E-state index is 0.122. The number of carbonyl (C=O) groups is 3. The van der Waals surface area contributed by atoms with Crippen molar-refractivity contribution in [1.29, 1.82) is 0 Å². The summed E-state index contributed by atoms with van der Waals surface area (Å²) < 4.78 is 0. The van der Waals surface area contributed by atoms with E-state index in [1.165, 1.54) is 4.90 Å². The fourth-order valence-electron chi connectivity index (χ4n) is 2.52. The molecule has 0 spiro atoms. The molecule has 138 valence electrons. The van der Waals surface area contributed by atoms with Gasteiger partial charge in [0.15, 0.2) is 0 Å². The van der Waals surface area contributed by atoms with Gasteiger partial charge in [-0.25, -0.2) is 0 Å². The van der Waals surface area contributed by atoms with Crippen LogP contribution in [0, 0.1) is 13.8 Å². The Morgan fingerprint density at radius 3 is 1.84 bits per heavy atom. The van der Waals surface area contributed by atoms with E-state index in [0.717, 1.165) is 11.3 Å². The maximum absolute atomic E-state index is 11.1. The fourth-order valence-corrected chi connectivity index (χ4v) is 2.52. The van der Waals surface area contributed by atoms with Crippen LogP contribution in [0.2, 0.25) is 0 Å². The van der Waals surface area contributed by atoms with Gasteiger partial charge in [-0.2, -0.15) is 0 Å². The Hall–Kier alpha value is -2.52. The molecule has 0 amide bonds. The van der Waals surface area contributed by atoms with Crippen LogP contribution < -0.4 is 0 Å². The summed E-state index contributed by atoms with van der Waals surface area (Å²) in [5.41, 5.74) is 2.54. The second kappa shape index (κ2) is 9.70. The molecule has 0 saturated heterocycles. The van der Waals surface area contributed by atoms with Crippen LogP contribution in [0.4, 0.5) is 0 Å². The number of nitrogens with zero attached hydrogens (tertiary/aromatic N) is 3. The highest BCUT2D eigenvalue weighted by Crippen LogP contribution is 2.08. The van der Waals surface area contributed by atoms with E-state index in [4.69, 9.17) is 15.3 Å². The lowest BCUT2D eigenvalue weighted by molar-refractivity contribution is -0.143. The number of rotatable bonds is 11. The van der Waals surface area contributed by atoms with Crippen LogP contribution in [0.1, 0.15) is 17.0 Å². The van der Waals surface area contributed by atoms with Gasteiger partial charge in [0.1, 0.15) is 0 Å². The van der Waals surface area contributed by atoms with E-state index in [2.05, 4.69) is 4.98 Å². The topological polar surface area (TPSA) is 131 Å². The molecular formula is C16H23N3O6. The Balaban J connectivity index is 2.78. The first kappa shape index (κ1) is 20.5. The molecular weight excluding hydrogens is 330 g/mol. The lowest BCUT2D eigenvalue weighted by Gasteiger charge is -2.24. The SMILES string of the molecule is Cc1cc(C)nc(CN(CCN(CC(=O)O)CC(=O)O)CC(=O)O)c1. The average molecular weight is 353 g/mol. The molecule has 9 heteroatoms. The van der Waals surface area contributed by atoms with Crippen molar-refractivity contribution < 1.29 is 29.7 Å². The number of pyridine rings is 1. The van der Waals surface area contributed by atoms with Crippen molar-refractivity contribution in [3.63, 3.8) is 0 Å². The molecule has 1 aromatic heterocycles. The van der Waals surface area contributed by atoms with Crippen molar-refractivity contribution in [2.24, 2.45) is 0 Å². The number of hydrogen-bond donors (Lipinski definition) is 3. The van der Waals surface area contributed by atoms with Crippen molar-refractivity contribution in [2.45, 2.75) is 20.4 Å². The lowest BCUT2D eigenvalue weighted by atomic mass is 10.2. The van der Waals surface area contributed by atoms with E-state index in [1.54, 1.807) is 4.90 Å². The summed E-state index contributed by atoms with van der Waals surface area (Å²) in [7, 11) is 0. The number of hydrogen-bond acceptors (Lipinski definition) is 6. The third-order valence-corrected chi connectivity index (χ3v) is 3.35. The van der Waals surface area contributed by atoms with Gasteiger partial charge in [0.05, 0.1) is 25.3 Å². The minimum Gasteiger partial charge on any atom is -0.480 e. The summed E-state index contributed by atoms with van der Waals surface area (Å²) in [4.78, 5) is 39.9. The maximum Gasteiger partial charge on any atom is 0.317 e. The molecule has 0 aliphatic carbocycles. The molecule has 9 nitrogen and oxygen atoms in total. The van der Waals surface area contributed by atoms with E-state index in [-0.39, 0.29) is 26.2 Å². The summed E-state index contributed by atoms with van der Waals surface area (Å²) in [6.45, 7) is 3.29. The zero-order valence-corrected chi connectivity index (χ0v) is 14.3. The first-order chi connectivity index (χ1) is 11.7. The largest absolute Gasteiger partial charge is 0.480 e. The number of aromatic nitrogens is 1. The molecule has 0 unspecified atom stereocenters. The third kappa shape index (κ3) is 8.77. The average Bonchev–Trinajstić information content (AvgIpc) is 2.41. The first-order valence-electron chi connectivity index (χ1n) is 7.70. The number of carboxylic acid groups (broad SMARTS) is 3. The molecule has 25 heavy (non-hydrogen) atoms. The summed E-state index contributed by atoms with van der Waals surface area (Å²) in [5, 5.41) is 26.8. The molecule has 1 aromatic rings. The van der Waals surface area contributed by atoms with Gasteiger partial charge >= 0.3 is 17.9 Å². The summed E-state index contributed by atoms with van der Waals surface area (Å²) >= 11 is 0. The van der Waals surface area contributed by atoms with Gasteiger partial charge < -0.3 is 15.3 Å². The number of carboxylic acids is 3. The molecule has 0 aliphatic rings. The van der Waals surface area contributed by atoms with Gasteiger partial charge in [-0.3, -0.25) is 29.2 Å². The van der Waals surface area contributed by atoms with Crippen LogP contribution in [0.3, 0.4) is 0 Å². The fraction of sp³-hybridized carbons (Fsp3) is 0.500. The smallest absolute Gasteiger partial charge is 0.317 e. The molecule has 0 radical (unpaired) electrons. The minimum atomic E-state index is -1.14. The van der Waals surface area contributed by atoms with Crippen LogP contribution in [-0.4, -0.2) is 80.7 Å². The lowest BCUT2D eigenvalue weighted by Crippen LogP contribution is -2.41. The highest BCUT2D eigenvalue weighted by Gasteiger charge is 2.17. The van der Waals surface area contributed by atoms with E-state index in [0.29, 0.717) is 5.69 Å². The second-order valence-corrected chi connectivity index (χ2v) is 5.88. The Bertz CT molecular complexity index is 598. The zero-order valence-electron chi connectivity index (χ0n) is 14.3. The predicted molar refractivity (Wildman–Crippen MR) is 88.3 cm³/mol. The van der Waals surface area contributed by atoms with Gasteiger partial charge in [-0.1, -0.05) is 0 Å². The number of aliphatic carboxylic acids is 3. The molecule has 0 aliphatic heterocycles. The standard InChI is InChI=1S/C16H23N3O6/c1-11-5-12(2)17-13(6-11)7-18(8-14(20)21)3-4-19(9-15(22)23)10-16(24)25/h5-6H,3-4,7-10H2,1-2H3,(H,20,21)(H,22,23)(H,24,25). The Morgan fingerprint density at radius 1 is 0.880 bits per heavy atom. The van der Waals surface area contributed by atoms with Crippen molar-refractivity contribution in [1.82, 2.24) is 14.8 Å². The van der Waals surface area contributed by atoms with Crippen LogP contribution in [0.25, 0.3) is 0 Å². The van der Waals surface area contributed by atoms with Crippen molar-refractivity contribution in [2.75, 3.05) is 32.7 Å². The summed E-state index contributed by atoms with van der Waals surface area (Å²) in [5.74, 6) is -3.29. The van der Waals surface area contributed by atoms with Gasteiger partial charge in [0.2, 0.25) is 0 Å². The Labute approximate surface area is 145 Å². The maximum atomic E-state index is 11.1. The van der Waals surface area contributed by atoms with E-state index in [9.17, 15) is 14.4 Å². The van der Waals surface area contributed by atoms with Crippen LogP contribution in [0.5, 0.6) is 0 Å². The molecule has 0 fully saturated rings. The second-order valence-electron chi connectivity index (χ2n) is 5.88.